The van der Waals surface area contributed by atoms with Crippen molar-refractivity contribution in [3.63, 3.8) is 0 Å². The lowest BCUT2D eigenvalue weighted by atomic mass is 10.1. The molecular formula is C15H21N5O3S. The summed E-state index contributed by atoms with van der Waals surface area (Å²) < 4.78 is 8.00. The Balaban J connectivity index is 1.52. The van der Waals surface area contributed by atoms with Crippen LogP contribution in [-0.2, 0) is 9.53 Å². The lowest BCUT2D eigenvalue weighted by Gasteiger charge is -2.15. The van der Waals surface area contributed by atoms with Crippen molar-refractivity contribution >= 4 is 34.7 Å². The zero-order chi connectivity index (χ0) is 17.1. The number of aliphatic carboxylic acids is 1. The Morgan fingerprint density at radius 3 is 3.12 bits per heavy atom. The summed E-state index contributed by atoms with van der Waals surface area (Å²) in [5.74, 6) is 1.04. The number of nitrogens with two attached hydrogens (primary N) is 1. The summed E-state index contributed by atoms with van der Waals surface area (Å²) in [6.07, 6.45) is 5.74. The van der Waals surface area contributed by atoms with E-state index in [0.717, 1.165) is 24.3 Å². The van der Waals surface area contributed by atoms with E-state index in [-0.39, 0.29) is 18.2 Å². The first kappa shape index (κ1) is 17.0. The largest absolute Gasteiger partial charge is 0.481 e. The van der Waals surface area contributed by atoms with Gasteiger partial charge in [-0.05, 0) is 25.0 Å². The number of hydrogen-bond donors (Lipinski definition) is 2. The van der Waals surface area contributed by atoms with Gasteiger partial charge in [0.15, 0.2) is 11.5 Å². The van der Waals surface area contributed by atoms with E-state index in [1.165, 1.54) is 6.33 Å². The van der Waals surface area contributed by atoms with Gasteiger partial charge < -0.3 is 15.6 Å². The minimum Gasteiger partial charge on any atom is -0.481 e. The van der Waals surface area contributed by atoms with Gasteiger partial charge in [0.05, 0.1) is 18.3 Å². The molecule has 1 fully saturated rings. The van der Waals surface area contributed by atoms with Crippen LogP contribution in [0.2, 0.25) is 0 Å². The van der Waals surface area contributed by atoms with Crippen LogP contribution in [0, 0.1) is 5.92 Å². The van der Waals surface area contributed by atoms with Gasteiger partial charge in [0.1, 0.15) is 18.1 Å². The summed E-state index contributed by atoms with van der Waals surface area (Å²) in [5, 5.41) is 8.88. The van der Waals surface area contributed by atoms with E-state index in [9.17, 15) is 4.79 Å². The van der Waals surface area contributed by atoms with Gasteiger partial charge in [-0.15, -0.1) is 0 Å². The molecule has 1 saturated heterocycles. The van der Waals surface area contributed by atoms with Crippen LogP contribution in [0.4, 0.5) is 5.82 Å². The van der Waals surface area contributed by atoms with E-state index in [4.69, 9.17) is 15.6 Å². The second kappa shape index (κ2) is 7.35. The number of fused-ring (bicyclic) bond motifs is 1. The number of hydrogen-bond acceptors (Lipinski definition) is 7. The van der Waals surface area contributed by atoms with E-state index >= 15 is 0 Å². The average molecular weight is 351 g/mol. The fraction of sp³-hybridized carbons (Fsp3) is 0.600. The molecule has 3 heterocycles. The lowest BCUT2D eigenvalue weighted by molar-refractivity contribution is -0.141. The number of thioether (sulfide) groups is 1. The zero-order valence-electron chi connectivity index (χ0n) is 13.5. The highest BCUT2D eigenvalue weighted by atomic mass is 32.2. The number of rotatable bonds is 7. The highest BCUT2D eigenvalue weighted by molar-refractivity contribution is 7.99. The number of anilines is 1. The van der Waals surface area contributed by atoms with Crippen LogP contribution in [0.3, 0.4) is 0 Å². The minimum atomic E-state index is -0.735. The summed E-state index contributed by atoms with van der Waals surface area (Å²) >= 11 is 1.74. The van der Waals surface area contributed by atoms with Crippen LogP contribution < -0.4 is 5.73 Å². The normalized spacial score (nSPS) is 22.0. The molecule has 0 radical (unpaired) electrons. The first-order chi connectivity index (χ1) is 11.6. The fourth-order valence-corrected chi connectivity index (χ4v) is 3.89. The fourth-order valence-electron chi connectivity index (χ4n) is 2.69. The molecule has 2 aromatic heterocycles. The van der Waals surface area contributed by atoms with Crippen LogP contribution in [0.5, 0.6) is 0 Å². The summed E-state index contributed by atoms with van der Waals surface area (Å²) in [6, 6.07) is 0. The van der Waals surface area contributed by atoms with Crippen molar-refractivity contribution in [2.45, 2.75) is 38.5 Å². The molecule has 3 rings (SSSR count). The number of carboxylic acids is 1. The Hall–Kier alpha value is -1.87. The van der Waals surface area contributed by atoms with Crippen molar-refractivity contribution in [1.82, 2.24) is 19.5 Å². The second-order valence-corrected chi connectivity index (χ2v) is 7.13. The summed E-state index contributed by atoms with van der Waals surface area (Å²) in [5.41, 5.74) is 7.10. The summed E-state index contributed by atoms with van der Waals surface area (Å²) in [4.78, 5) is 23.3. The molecule has 9 heteroatoms. The maximum Gasteiger partial charge on any atom is 0.306 e. The number of nitrogen functional groups attached to an aromatic ring is 1. The standard InChI is InChI=1S/C15H21N5O3S/c1-9(15(21)22)4-5-24-6-10-2-3-11(23-10)20-8-19-12-13(16)17-7-18-14(12)20/h7-11H,2-6H2,1H3,(H,21,22)(H2,16,17,18)/t9-,10-,11+/m0/s1. The molecule has 0 spiro atoms. The van der Waals surface area contributed by atoms with Gasteiger partial charge in [-0.25, -0.2) is 15.0 Å². The predicted octanol–water partition coefficient (Wildman–Crippen LogP) is 1.93. The zero-order valence-corrected chi connectivity index (χ0v) is 14.3. The number of aromatic nitrogens is 4. The highest BCUT2D eigenvalue weighted by Crippen LogP contribution is 2.32. The SMILES string of the molecule is C[C@@H](CCSC[C@@H]1CC[C@H](n2cnc3c(N)ncnc32)O1)C(=O)O. The van der Waals surface area contributed by atoms with Crippen molar-refractivity contribution in [1.29, 1.82) is 0 Å². The topological polar surface area (TPSA) is 116 Å². The van der Waals surface area contributed by atoms with Gasteiger partial charge in [-0.2, -0.15) is 11.8 Å². The van der Waals surface area contributed by atoms with Crippen molar-refractivity contribution < 1.29 is 14.6 Å². The van der Waals surface area contributed by atoms with Crippen molar-refractivity contribution in [2.75, 3.05) is 17.2 Å². The van der Waals surface area contributed by atoms with Crippen LogP contribution in [0.15, 0.2) is 12.7 Å². The summed E-state index contributed by atoms with van der Waals surface area (Å²) in [6.45, 7) is 1.74. The smallest absolute Gasteiger partial charge is 0.306 e. The summed E-state index contributed by atoms with van der Waals surface area (Å²) in [7, 11) is 0. The van der Waals surface area contributed by atoms with Gasteiger partial charge in [0, 0.05) is 5.75 Å². The molecular weight excluding hydrogens is 330 g/mol. The third-order valence-corrected chi connectivity index (χ3v) is 5.33. The molecule has 0 saturated carbocycles. The maximum absolute atomic E-state index is 10.8. The van der Waals surface area contributed by atoms with Gasteiger partial charge in [-0.1, -0.05) is 6.92 Å². The average Bonchev–Trinajstić information content (AvgIpc) is 3.18. The van der Waals surface area contributed by atoms with Crippen LogP contribution in [-0.4, -0.2) is 48.2 Å². The third kappa shape index (κ3) is 3.62. The van der Waals surface area contributed by atoms with E-state index in [2.05, 4.69) is 15.0 Å². The van der Waals surface area contributed by atoms with Gasteiger partial charge in [0.25, 0.3) is 0 Å². The van der Waals surface area contributed by atoms with Crippen molar-refractivity contribution in [3.05, 3.63) is 12.7 Å². The first-order valence-electron chi connectivity index (χ1n) is 7.95. The molecule has 0 amide bonds. The molecule has 8 nitrogen and oxygen atoms in total. The molecule has 0 aliphatic carbocycles. The molecule has 0 bridgehead atoms. The third-order valence-electron chi connectivity index (χ3n) is 4.20. The molecule has 1 aliphatic heterocycles. The van der Waals surface area contributed by atoms with E-state index in [1.54, 1.807) is 25.0 Å². The molecule has 0 aromatic carbocycles. The van der Waals surface area contributed by atoms with Crippen molar-refractivity contribution in [2.24, 2.45) is 5.92 Å². The molecule has 2 aromatic rings. The number of carboxylic acid groups (broad SMARTS) is 1. The molecule has 0 unspecified atom stereocenters. The number of ether oxygens (including phenoxy) is 1. The number of carbonyl (C=O) groups is 1. The molecule has 130 valence electrons. The van der Waals surface area contributed by atoms with Gasteiger partial charge in [-0.3, -0.25) is 9.36 Å². The van der Waals surface area contributed by atoms with E-state index in [0.29, 0.717) is 23.4 Å². The lowest BCUT2D eigenvalue weighted by Crippen LogP contribution is -2.14. The Labute approximate surface area is 143 Å². The second-order valence-electron chi connectivity index (χ2n) is 5.98. The Bertz CT molecular complexity index is 722. The van der Waals surface area contributed by atoms with E-state index in [1.807, 2.05) is 4.57 Å². The van der Waals surface area contributed by atoms with Crippen LogP contribution in [0.1, 0.15) is 32.4 Å². The highest BCUT2D eigenvalue weighted by Gasteiger charge is 2.28. The number of imidazole rings is 1. The Kier molecular flexibility index (Phi) is 5.20. The minimum absolute atomic E-state index is 0.0900. The number of nitrogens with zero attached hydrogens (tertiary/aromatic N) is 4. The monoisotopic (exact) mass is 351 g/mol. The molecule has 3 N–H and O–H groups in total. The Morgan fingerprint density at radius 2 is 2.33 bits per heavy atom. The van der Waals surface area contributed by atoms with Crippen molar-refractivity contribution in [3.8, 4) is 0 Å². The van der Waals surface area contributed by atoms with E-state index < -0.39 is 5.97 Å². The predicted molar refractivity (Wildman–Crippen MR) is 91.6 cm³/mol. The van der Waals surface area contributed by atoms with Crippen LogP contribution in [0.25, 0.3) is 11.2 Å². The van der Waals surface area contributed by atoms with Gasteiger partial charge >= 0.3 is 5.97 Å². The maximum atomic E-state index is 10.8. The molecule has 3 atom stereocenters. The van der Waals surface area contributed by atoms with Crippen LogP contribution >= 0.6 is 11.8 Å². The molecule has 24 heavy (non-hydrogen) atoms. The Morgan fingerprint density at radius 1 is 1.50 bits per heavy atom. The molecule has 1 aliphatic rings. The quantitative estimate of drug-likeness (QED) is 0.727. The first-order valence-corrected chi connectivity index (χ1v) is 9.10. The van der Waals surface area contributed by atoms with Gasteiger partial charge in [0.2, 0.25) is 0 Å².